The molecule has 0 radical (unpaired) electrons. The quantitative estimate of drug-likeness (QED) is 0.530. The van der Waals surface area contributed by atoms with Crippen molar-refractivity contribution in [1.29, 1.82) is 0 Å². The van der Waals surface area contributed by atoms with Crippen molar-refractivity contribution in [2.24, 2.45) is 5.84 Å². The van der Waals surface area contributed by atoms with Crippen LogP contribution in [0.15, 0.2) is 6.20 Å². The largest absolute Gasteiger partial charge is 0.464 e. The van der Waals surface area contributed by atoms with Crippen LogP contribution in [0.4, 0.5) is 11.9 Å². The van der Waals surface area contributed by atoms with Gasteiger partial charge in [0.2, 0.25) is 11.9 Å². The average molecular weight is 281 g/mol. The highest BCUT2D eigenvalue weighted by atomic mass is 32.1. The molecule has 0 bridgehead atoms. The van der Waals surface area contributed by atoms with E-state index in [9.17, 15) is 0 Å². The summed E-state index contributed by atoms with van der Waals surface area (Å²) in [5, 5.41) is 4.01. The number of aromatic nitrogens is 4. The molecule has 0 aromatic carbocycles. The Kier molecular flexibility index (Phi) is 4.42. The van der Waals surface area contributed by atoms with E-state index in [0.717, 1.165) is 9.88 Å². The van der Waals surface area contributed by atoms with E-state index in [2.05, 4.69) is 30.7 Å². The van der Waals surface area contributed by atoms with Gasteiger partial charge in [0.05, 0.1) is 13.2 Å². The summed E-state index contributed by atoms with van der Waals surface area (Å²) < 4.78 is 5.23. The van der Waals surface area contributed by atoms with Gasteiger partial charge in [-0.2, -0.15) is 15.0 Å². The normalized spacial score (nSPS) is 10.3. The van der Waals surface area contributed by atoms with Crippen molar-refractivity contribution in [3.63, 3.8) is 0 Å². The molecule has 9 heteroatoms. The van der Waals surface area contributed by atoms with Crippen LogP contribution in [-0.2, 0) is 6.54 Å². The zero-order valence-corrected chi connectivity index (χ0v) is 11.5. The Morgan fingerprint density at radius 2 is 2.11 bits per heavy atom. The topological polar surface area (TPSA) is 111 Å². The van der Waals surface area contributed by atoms with Gasteiger partial charge >= 0.3 is 6.01 Å². The van der Waals surface area contributed by atoms with Gasteiger partial charge in [-0.1, -0.05) is 0 Å². The van der Waals surface area contributed by atoms with E-state index in [-0.39, 0.29) is 12.0 Å². The van der Waals surface area contributed by atoms with E-state index in [1.165, 1.54) is 0 Å². The minimum Gasteiger partial charge on any atom is -0.464 e. The number of aryl methyl sites for hydroxylation is 1. The number of rotatable bonds is 6. The van der Waals surface area contributed by atoms with Crippen molar-refractivity contribution < 1.29 is 4.74 Å². The molecule has 0 saturated heterocycles. The molecule has 0 aliphatic heterocycles. The molecule has 2 aromatic heterocycles. The van der Waals surface area contributed by atoms with Crippen LogP contribution < -0.4 is 21.3 Å². The number of hydrogen-bond acceptors (Lipinski definition) is 9. The lowest BCUT2D eigenvalue weighted by Crippen LogP contribution is -2.14. The number of nitrogens with zero attached hydrogens (tertiary/aromatic N) is 4. The van der Waals surface area contributed by atoms with Gasteiger partial charge in [0.1, 0.15) is 5.01 Å². The molecule has 19 heavy (non-hydrogen) atoms. The molecule has 0 atom stereocenters. The van der Waals surface area contributed by atoms with E-state index in [1.807, 2.05) is 20.0 Å². The minimum absolute atomic E-state index is 0.225. The lowest BCUT2D eigenvalue weighted by atomic mass is 10.6. The molecule has 2 aromatic rings. The number of nitrogens with one attached hydrogen (secondary N) is 2. The lowest BCUT2D eigenvalue weighted by molar-refractivity contribution is 0.312. The predicted octanol–water partition coefficient (Wildman–Crippen LogP) is 0.933. The van der Waals surface area contributed by atoms with Crippen LogP contribution >= 0.6 is 11.3 Å². The molecular weight excluding hydrogens is 266 g/mol. The monoisotopic (exact) mass is 281 g/mol. The second-order valence-corrected chi connectivity index (χ2v) is 4.88. The first-order valence-corrected chi connectivity index (χ1v) is 6.53. The SMILES string of the molecule is CCOc1nc(NN)nc(NCc2ncc(C)s2)n1. The molecule has 0 aliphatic carbocycles. The Bertz CT molecular complexity index is 544. The van der Waals surface area contributed by atoms with Crippen LogP contribution in [0.2, 0.25) is 0 Å². The molecule has 2 heterocycles. The Morgan fingerprint density at radius 3 is 2.74 bits per heavy atom. The number of hydrazine groups is 1. The fraction of sp³-hybridized carbons (Fsp3) is 0.400. The van der Waals surface area contributed by atoms with Crippen molar-refractivity contribution in [3.05, 3.63) is 16.1 Å². The van der Waals surface area contributed by atoms with E-state index >= 15 is 0 Å². The van der Waals surface area contributed by atoms with Gasteiger partial charge in [0, 0.05) is 11.1 Å². The van der Waals surface area contributed by atoms with Gasteiger partial charge in [-0.25, -0.2) is 10.8 Å². The van der Waals surface area contributed by atoms with Crippen LogP contribution in [0.25, 0.3) is 0 Å². The second kappa shape index (κ2) is 6.25. The summed E-state index contributed by atoms with van der Waals surface area (Å²) in [4.78, 5) is 17.6. The highest BCUT2D eigenvalue weighted by molar-refractivity contribution is 7.11. The maximum atomic E-state index is 5.30. The molecule has 8 nitrogen and oxygen atoms in total. The smallest absolute Gasteiger partial charge is 0.323 e. The van der Waals surface area contributed by atoms with Crippen molar-refractivity contribution >= 4 is 23.2 Å². The highest BCUT2D eigenvalue weighted by Crippen LogP contribution is 2.14. The molecule has 0 fully saturated rings. The van der Waals surface area contributed by atoms with Crippen molar-refractivity contribution in [2.45, 2.75) is 20.4 Å². The van der Waals surface area contributed by atoms with Gasteiger partial charge in [-0.15, -0.1) is 11.3 Å². The average Bonchev–Trinajstić information content (AvgIpc) is 2.82. The number of thiazole rings is 1. The maximum Gasteiger partial charge on any atom is 0.323 e. The van der Waals surface area contributed by atoms with Crippen LogP contribution in [0, 0.1) is 6.92 Å². The summed E-state index contributed by atoms with van der Waals surface area (Å²) in [7, 11) is 0. The first kappa shape index (κ1) is 13.4. The first-order valence-electron chi connectivity index (χ1n) is 5.72. The van der Waals surface area contributed by atoms with Gasteiger partial charge in [0.25, 0.3) is 0 Å². The molecule has 4 N–H and O–H groups in total. The Hall–Kier alpha value is -2.00. The number of ether oxygens (including phenoxy) is 1. The van der Waals surface area contributed by atoms with Gasteiger partial charge < -0.3 is 10.1 Å². The van der Waals surface area contributed by atoms with E-state index < -0.39 is 0 Å². The summed E-state index contributed by atoms with van der Waals surface area (Å²) >= 11 is 1.62. The summed E-state index contributed by atoms with van der Waals surface area (Å²) in [6, 6.07) is 0.225. The molecule has 0 unspecified atom stereocenters. The number of hydrogen-bond donors (Lipinski definition) is 3. The van der Waals surface area contributed by atoms with Crippen LogP contribution in [0.5, 0.6) is 6.01 Å². The second-order valence-electron chi connectivity index (χ2n) is 3.56. The van der Waals surface area contributed by atoms with Gasteiger partial charge in [-0.3, -0.25) is 5.43 Å². The summed E-state index contributed by atoms with van der Waals surface area (Å²) in [6.45, 7) is 4.87. The predicted molar refractivity (Wildman–Crippen MR) is 73.0 cm³/mol. The van der Waals surface area contributed by atoms with Crippen LogP contribution in [-0.4, -0.2) is 26.5 Å². The van der Waals surface area contributed by atoms with E-state index in [0.29, 0.717) is 19.1 Å². The lowest BCUT2D eigenvalue weighted by Gasteiger charge is -2.07. The summed E-state index contributed by atoms with van der Waals surface area (Å²) in [6.07, 6.45) is 1.83. The van der Waals surface area contributed by atoms with Crippen molar-refractivity contribution in [2.75, 3.05) is 17.3 Å². The zero-order chi connectivity index (χ0) is 13.7. The fourth-order valence-electron chi connectivity index (χ4n) is 1.33. The molecule has 102 valence electrons. The molecule has 2 rings (SSSR count). The first-order chi connectivity index (χ1) is 9.21. The molecule has 0 amide bonds. The third-order valence-corrected chi connectivity index (χ3v) is 3.00. The highest BCUT2D eigenvalue weighted by Gasteiger charge is 2.07. The van der Waals surface area contributed by atoms with E-state index in [4.69, 9.17) is 10.6 Å². The Balaban J connectivity index is 2.08. The van der Waals surface area contributed by atoms with Crippen molar-refractivity contribution in [3.8, 4) is 6.01 Å². The molecule has 0 aliphatic rings. The van der Waals surface area contributed by atoms with Crippen molar-refractivity contribution in [1.82, 2.24) is 19.9 Å². The molecule has 0 spiro atoms. The summed E-state index contributed by atoms with van der Waals surface area (Å²) in [5.41, 5.74) is 2.37. The standard InChI is InChI=1S/C10H15N7OS/c1-3-18-10-15-8(14-9(16-10)17-11)13-5-7-12-4-6(2)19-7/h4H,3,5,11H2,1-2H3,(H2,13,14,15,16,17). The third kappa shape index (κ3) is 3.73. The molecule has 0 saturated carbocycles. The van der Waals surface area contributed by atoms with Crippen LogP contribution in [0.1, 0.15) is 16.8 Å². The van der Waals surface area contributed by atoms with E-state index in [1.54, 1.807) is 11.3 Å². The zero-order valence-electron chi connectivity index (χ0n) is 10.7. The Labute approximate surface area is 114 Å². The maximum absolute atomic E-state index is 5.30. The van der Waals surface area contributed by atoms with Crippen LogP contribution in [0.3, 0.4) is 0 Å². The fourth-order valence-corrected chi connectivity index (χ4v) is 2.06. The number of nitrogens with two attached hydrogens (primary N) is 1. The third-order valence-electron chi connectivity index (χ3n) is 2.08. The number of nitrogen functional groups attached to an aromatic ring is 1. The minimum atomic E-state index is 0.225. The number of anilines is 2. The van der Waals surface area contributed by atoms with Gasteiger partial charge in [-0.05, 0) is 13.8 Å². The molecular formula is C10H15N7OS. The summed E-state index contributed by atoms with van der Waals surface area (Å²) in [5.74, 6) is 5.93. The van der Waals surface area contributed by atoms with Gasteiger partial charge in [0.15, 0.2) is 0 Å². The Morgan fingerprint density at radius 1 is 1.32 bits per heavy atom.